The number of para-hydroxylation sites is 1. The Morgan fingerprint density at radius 2 is 1.88 bits per heavy atom. The quantitative estimate of drug-likeness (QED) is 0.686. The number of nitrogens with two attached hydrogens (primary N) is 1. The van der Waals surface area contributed by atoms with Gasteiger partial charge in [0.05, 0.1) is 11.1 Å². The molecule has 3 aromatic rings. The van der Waals surface area contributed by atoms with Crippen molar-refractivity contribution in [2.45, 2.75) is 37.1 Å². The van der Waals surface area contributed by atoms with Crippen molar-refractivity contribution in [2.75, 3.05) is 13.1 Å². The van der Waals surface area contributed by atoms with Crippen molar-refractivity contribution in [2.24, 2.45) is 17.6 Å². The van der Waals surface area contributed by atoms with Gasteiger partial charge in [0, 0.05) is 41.7 Å². The summed E-state index contributed by atoms with van der Waals surface area (Å²) < 4.78 is 0. The number of fused-ring (bicyclic) bond motifs is 2. The minimum Gasteiger partial charge on any atom is -0.338 e. The number of hydrogen-bond donors (Lipinski definition) is 1. The van der Waals surface area contributed by atoms with Crippen LogP contribution in [0.15, 0.2) is 54.6 Å². The summed E-state index contributed by atoms with van der Waals surface area (Å²) >= 11 is 0. The fraction of sp³-hybridized carbons (Fsp3) is 0.370. The van der Waals surface area contributed by atoms with Crippen molar-refractivity contribution in [3.63, 3.8) is 0 Å². The topological polar surface area (TPSA) is 83.0 Å². The molecule has 0 radical (unpaired) electrons. The lowest BCUT2D eigenvalue weighted by Gasteiger charge is -2.19. The number of hydrogen-bond acceptors (Lipinski definition) is 4. The van der Waals surface area contributed by atoms with Gasteiger partial charge in [0.25, 0.3) is 5.91 Å². The van der Waals surface area contributed by atoms with Crippen LogP contribution >= 0.6 is 0 Å². The summed E-state index contributed by atoms with van der Waals surface area (Å²) in [4.78, 5) is 19.8. The maximum absolute atomic E-state index is 13.0. The first kappa shape index (κ1) is 19.5. The summed E-state index contributed by atoms with van der Waals surface area (Å²) in [5, 5.41) is 10.4. The molecule has 5 nitrogen and oxygen atoms in total. The van der Waals surface area contributed by atoms with E-state index in [-0.39, 0.29) is 11.9 Å². The average molecular weight is 423 g/mol. The minimum absolute atomic E-state index is 0.130. The third-order valence-corrected chi connectivity index (χ3v) is 7.82. The van der Waals surface area contributed by atoms with Gasteiger partial charge in [-0.1, -0.05) is 30.3 Å². The van der Waals surface area contributed by atoms with Crippen LogP contribution in [0.5, 0.6) is 0 Å². The molecular weight excluding hydrogens is 396 g/mol. The second kappa shape index (κ2) is 7.43. The number of likely N-dealkylation sites (tertiary alicyclic amines) is 1. The Hall–Kier alpha value is -3.23. The average Bonchev–Trinajstić information content (AvgIpc) is 3.40. The highest BCUT2D eigenvalue weighted by Crippen LogP contribution is 2.54. The molecule has 3 aliphatic rings. The highest BCUT2D eigenvalue weighted by atomic mass is 16.2. The van der Waals surface area contributed by atoms with Crippen LogP contribution in [0.25, 0.3) is 10.9 Å². The highest BCUT2D eigenvalue weighted by Gasteiger charge is 2.43. The molecule has 2 saturated carbocycles. The maximum atomic E-state index is 13.0. The number of carbonyl (C=O) groups excluding carboxylic acids is 1. The van der Waals surface area contributed by atoms with E-state index in [1.54, 1.807) is 0 Å². The number of rotatable bonds is 3. The highest BCUT2D eigenvalue weighted by molar-refractivity contribution is 5.94. The number of aromatic nitrogens is 1. The fourth-order valence-corrected chi connectivity index (χ4v) is 5.88. The van der Waals surface area contributed by atoms with E-state index in [0.717, 1.165) is 54.5 Å². The molecule has 5 atom stereocenters. The van der Waals surface area contributed by atoms with E-state index in [1.165, 1.54) is 5.56 Å². The molecule has 3 fully saturated rings. The van der Waals surface area contributed by atoms with Gasteiger partial charge in [-0.2, -0.15) is 5.26 Å². The number of nitrogens with zero attached hydrogens (tertiary/aromatic N) is 3. The van der Waals surface area contributed by atoms with E-state index in [4.69, 9.17) is 10.7 Å². The predicted octanol–water partition coefficient (Wildman–Crippen LogP) is 4.19. The molecule has 0 spiro atoms. The molecule has 160 valence electrons. The van der Waals surface area contributed by atoms with Gasteiger partial charge < -0.3 is 10.6 Å². The molecule has 1 saturated heterocycles. The molecule has 6 rings (SSSR count). The van der Waals surface area contributed by atoms with E-state index in [1.807, 2.05) is 35.2 Å². The van der Waals surface area contributed by atoms with Crippen molar-refractivity contribution in [1.82, 2.24) is 9.88 Å². The number of nitriles is 1. The molecule has 32 heavy (non-hydrogen) atoms. The van der Waals surface area contributed by atoms with Gasteiger partial charge in [0.15, 0.2) is 0 Å². The fourth-order valence-electron chi connectivity index (χ4n) is 5.88. The Balaban J connectivity index is 1.16. The van der Waals surface area contributed by atoms with Crippen molar-refractivity contribution in [1.29, 1.82) is 5.26 Å². The zero-order valence-corrected chi connectivity index (χ0v) is 17.9. The van der Waals surface area contributed by atoms with Gasteiger partial charge in [0.2, 0.25) is 0 Å². The van der Waals surface area contributed by atoms with Crippen LogP contribution in [-0.2, 0) is 0 Å². The van der Waals surface area contributed by atoms with E-state index in [0.29, 0.717) is 29.2 Å². The first-order chi connectivity index (χ1) is 15.6. The Labute approximate surface area is 187 Å². The molecular formula is C27H26N4O. The molecule has 2 N–H and O–H groups in total. The number of benzene rings is 2. The number of amides is 1. The monoisotopic (exact) mass is 422 g/mol. The molecule has 2 aliphatic carbocycles. The van der Waals surface area contributed by atoms with Crippen LogP contribution in [0.1, 0.15) is 58.3 Å². The van der Waals surface area contributed by atoms with E-state index < -0.39 is 0 Å². The molecule has 5 unspecified atom stereocenters. The van der Waals surface area contributed by atoms with Crippen molar-refractivity contribution >= 4 is 16.8 Å². The van der Waals surface area contributed by atoms with Crippen LogP contribution in [0.4, 0.5) is 0 Å². The second-order valence-corrected chi connectivity index (χ2v) is 9.67. The SMILES string of the molecule is N#Cc1cccc2ccc(C3CC3c3ccc(C(=O)N4CC5CCC(N)C5C4)cc3)nc12. The van der Waals surface area contributed by atoms with Crippen molar-refractivity contribution in [3.05, 3.63) is 77.0 Å². The molecule has 2 aromatic carbocycles. The van der Waals surface area contributed by atoms with Gasteiger partial charge in [-0.3, -0.25) is 9.78 Å². The number of pyridine rings is 1. The molecule has 2 heterocycles. The predicted molar refractivity (Wildman–Crippen MR) is 123 cm³/mol. The van der Waals surface area contributed by atoms with E-state index in [9.17, 15) is 10.1 Å². The van der Waals surface area contributed by atoms with Gasteiger partial charge >= 0.3 is 0 Å². The summed E-state index contributed by atoms with van der Waals surface area (Å²) in [6, 6.07) is 20.5. The standard InChI is InChI=1S/C27H26N4O/c28-13-19-3-1-2-17-9-11-25(30-26(17)19)22-12-21(22)16-4-6-18(7-5-16)27(32)31-14-20-8-10-24(29)23(20)15-31/h1-7,9,11,20-24H,8,10,12,14-15,29H2. The van der Waals surface area contributed by atoms with Crippen LogP contribution in [0, 0.1) is 23.2 Å². The summed E-state index contributed by atoms with van der Waals surface area (Å²) in [7, 11) is 0. The maximum Gasteiger partial charge on any atom is 0.253 e. The molecule has 1 aromatic heterocycles. The third-order valence-electron chi connectivity index (χ3n) is 7.82. The minimum atomic E-state index is 0.130. The summed E-state index contributed by atoms with van der Waals surface area (Å²) in [6.07, 6.45) is 3.29. The summed E-state index contributed by atoms with van der Waals surface area (Å²) in [6.45, 7) is 1.65. The zero-order chi connectivity index (χ0) is 21.8. The molecule has 0 bridgehead atoms. The smallest absolute Gasteiger partial charge is 0.253 e. The zero-order valence-electron chi connectivity index (χ0n) is 17.9. The third kappa shape index (κ3) is 3.18. The van der Waals surface area contributed by atoms with E-state index >= 15 is 0 Å². The lowest BCUT2D eigenvalue weighted by Crippen LogP contribution is -2.33. The lowest BCUT2D eigenvalue weighted by molar-refractivity contribution is 0.0779. The van der Waals surface area contributed by atoms with Gasteiger partial charge in [-0.15, -0.1) is 0 Å². The van der Waals surface area contributed by atoms with Gasteiger partial charge in [-0.05, 0) is 66.8 Å². The van der Waals surface area contributed by atoms with Crippen molar-refractivity contribution < 1.29 is 4.79 Å². The second-order valence-electron chi connectivity index (χ2n) is 9.67. The van der Waals surface area contributed by atoms with Crippen LogP contribution in [-0.4, -0.2) is 34.9 Å². The van der Waals surface area contributed by atoms with E-state index in [2.05, 4.69) is 30.3 Å². The van der Waals surface area contributed by atoms with Gasteiger partial charge in [-0.25, -0.2) is 0 Å². The van der Waals surface area contributed by atoms with Crippen molar-refractivity contribution in [3.8, 4) is 6.07 Å². The molecule has 5 heteroatoms. The Kier molecular flexibility index (Phi) is 4.51. The Morgan fingerprint density at radius 3 is 2.66 bits per heavy atom. The molecule has 1 amide bonds. The summed E-state index contributed by atoms with van der Waals surface area (Å²) in [5.74, 6) is 1.97. The normalized spacial score (nSPS) is 28.5. The first-order valence-electron chi connectivity index (χ1n) is 11.6. The Bertz CT molecular complexity index is 1240. The lowest BCUT2D eigenvalue weighted by atomic mass is 9.98. The van der Waals surface area contributed by atoms with Crippen LogP contribution < -0.4 is 5.73 Å². The summed E-state index contributed by atoms with van der Waals surface area (Å²) in [5.41, 5.74) is 10.7. The number of carbonyl (C=O) groups is 1. The molecule has 1 aliphatic heterocycles. The Morgan fingerprint density at radius 1 is 1.03 bits per heavy atom. The van der Waals surface area contributed by atoms with Crippen LogP contribution in [0.2, 0.25) is 0 Å². The largest absolute Gasteiger partial charge is 0.338 e. The first-order valence-corrected chi connectivity index (χ1v) is 11.6. The van der Waals surface area contributed by atoms with Gasteiger partial charge in [0.1, 0.15) is 6.07 Å². The van der Waals surface area contributed by atoms with Crippen LogP contribution in [0.3, 0.4) is 0 Å².